The molecular formula is C15H17N3O3. The number of aromatic nitrogens is 2. The molecule has 0 atom stereocenters. The van der Waals surface area contributed by atoms with Gasteiger partial charge in [-0.2, -0.15) is 4.98 Å². The average Bonchev–Trinajstić information content (AvgIpc) is 3.17. The maximum Gasteiger partial charge on any atom is 0.247 e. The molecule has 2 N–H and O–H groups in total. The standard InChI is InChI=1S/C15H17N3O3/c16-15(6-2-1-3-7-15)14-17-13(18-21-14)10-4-5-11-12(8-10)20-9-19-11/h4-5,8H,1-3,6-7,9,16H2. The number of hydrogen-bond donors (Lipinski definition) is 1. The maximum absolute atomic E-state index is 6.42. The lowest BCUT2D eigenvalue weighted by molar-refractivity contribution is 0.174. The number of nitrogens with zero attached hydrogens (tertiary/aromatic N) is 2. The van der Waals surface area contributed by atoms with Crippen molar-refractivity contribution in [3.05, 3.63) is 24.1 Å². The van der Waals surface area contributed by atoms with E-state index in [0.29, 0.717) is 17.5 Å². The zero-order valence-electron chi connectivity index (χ0n) is 11.7. The lowest BCUT2D eigenvalue weighted by atomic mass is 9.82. The fourth-order valence-electron chi connectivity index (χ4n) is 2.98. The second-order valence-corrected chi connectivity index (χ2v) is 5.71. The molecule has 0 saturated heterocycles. The van der Waals surface area contributed by atoms with Gasteiger partial charge >= 0.3 is 0 Å². The zero-order chi connectivity index (χ0) is 14.3. The van der Waals surface area contributed by atoms with Gasteiger partial charge in [0.1, 0.15) is 0 Å². The summed E-state index contributed by atoms with van der Waals surface area (Å²) in [6, 6.07) is 5.61. The summed E-state index contributed by atoms with van der Waals surface area (Å²) in [4.78, 5) is 4.50. The van der Waals surface area contributed by atoms with Crippen molar-refractivity contribution in [2.24, 2.45) is 5.73 Å². The Morgan fingerprint density at radius 2 is 1.86 bits per heavy atom. The highest BCUT2D eigenvalue weighted by Gasteiger charge is 2.35. The van der Waals surface area contributed by atoms with E-state index in [4.69, 9.17) is 19.7 Å². The van der Waals surface area contributed by atoms with Gasteiger partial charge in [0.25, 0.3) is 0 Å². The molecule has 1 aromatic carbocycles. The first kappa shape index (κ1) is 12.6. The third-order valence-electron chi connectivity index (χ3n) is 4.23. The third-order valence-corrected chi connectivity index (χ3v) is 4.23. The molecule has 2 aromatic rings. The van der Waals surface area contributed by atoms with E-state index in [9.17, 15) is 0 Å². The van der Waals surface area contributed by atoms with Crippen molar-refractivity contribution in [1.29, 1.82) is 0 Å². The Balaban J connectivity index is 1.65. The quantitative estimate of drug-likeness (QED) is 0.914. The Bertz CT molecular complexity index is 662. The van der Waals surface area contributed by atoms with Crippen LogP contribution in [0.2, 0.25) is 0 Å². The number of ether oxygens (including phenoxy) is 2. The maximum atomic E-state index is 6.42. The van der Waals surface area contributed by atoms with Crippen LogP contribution in [-0.2, 0) is 5.54 Å². The highest BCUT2D eigenvalue weighted by atomic mass is 16.7. The summed E-state index contributed by atoms with van der Waals surface area (Å²) in [5, 5.41) is 4.07. The summed E-state index contributed by atoms with van der Waals surface area (Å²) in [6.45, 7) is 0.252. The van der Waals surface area contributed by atoms with Gasteiger partial charge in [-0.05, 0) is 31.0 Å². The SMILES string of the molecule is NC1(c2nc(-c3ccc4c(c3)OCO4)no2)CCCCC1. The van der Waals surface area contributed by atoms with Crippen molar-refractivity contribution >= 4 is 0 Å². The smallest absolute Gasteiger partial charge is 0.247 e. The molecule has 1 fully saturated rings. The predicted octanol–water partition coefficient (Wildman–Crippen LogP) is 2.58. The second-order valence-electron chi connectivity index (χ2n) is 5.71. The van der Waals surface area contributed by atoms with Crippen LogP contribution in [0.5, 0.6) is 11.5 Å². The molecule has 0 amide bonds. The monoisotopic (exact) mass is 287 g/mol. The number of nitrogens with two attached hydrogens (primary N) is 1. The molecule has 2 heterocycles. The van der Waals surface area contributed by atoms with E-state index in [0.717, 1.165) is 37.0 Å². The van der Waals surface area contributed by atoms with Crippen molar-refractivity contribution in [3.63, 3.8) is 0 Å². The average molecular weight is 287 g/mol. The van der Waals surface area contributed by atoms with Gasteiger partial charge in [0, 0.05) is 5.56 Å². The van der Waals surface area contributed by atoms with Gasteiger partial charge < -0.3 is 19.7 Å². The molecule has 1 saturated carbocycles. The van der Waals surface area contributed by atoms with E-state index in [1.54, 1.807) is 0 Å². The van der Waals surface area contributed by atoms with Crippen molar-refractivity contribution < 1.29 is 14.0 Å². The first-order valence-electron chi connectivity index (χ1n) is 7.28. The van der Waals surface area contributed by atoms with Crippen molar-refractivity contribution in [1.82, 2.24) is 10.1 Å². The zero-order valence-corrected chi connectivity index (χ0v) is 11.7. The van der Waals surface area contributed by atoms with Gasteiger partial charge in [-0.25, -0.2) is 0 Å². The largest absolute Gasteiger partial charge is 0.454 e. The highest BCUT2D eigenvalue weighted by Crippen LogP contribution is 2.37. The van der Waals surface area contributed by atoms with E-state index in [-0.39, 0.29) is 6.79 Å². The summed E-state index contributed by atoms with van der Waals surface area (Å²) < 4.78 is 16.1. The summed E-state index contributed by atoms with van der Waals surface area (Å²) >= 11 is 0. The van der Waals surface area contributed by atoms with Crippen LogP contribution in [0, 0.1) is 0 Å². The molecule has 0 radical (unpaired) electrons. The Hall–Kier alpha value is -2.08. The van der Waals surface area contributed by atoms with Crippen LogP contribution >= 0.6 is 0 Å². The van der Waals surface area contributed by atoms with Gasteiger partial charge in [-0.15, -0.1) is 0 Å². The molecule has 1 aromatic heterocycles. The van der Waals surface area contributed by atoms with Crippen LogP contribution in [0.1, 0.15) is 38.0 Å². The third kappa shape index (κ3) is 2.15. The lowest BCUT2D eigenvalue weighted by Crippen LogP contribution is -2.38. The van der Waals surface area contributed by atoms with Crippen LogP contribution in [0.3, 0.4) is 0 Å². The summed E-state index contributed by atoms with van der Waals surface area (Å²) in [5.41, 5.74) is 6.79. The van der Waals surface area contributed by atoms with E-state index in [1.165, 1.54) is 6.42 Å². The van der Waals surface area contributed by atoms with Crippen LogP contribution in [0.25, 0.3) is 11.4 Å². The van der Waals surface area contributed by atoms with Crippen molar-refractivity contribution in [3.8, 4) is 22.9 Å². The Morgan fingerprint density at radius 3 is 2.71 bits per heavy atom. The van der Waals surface area contributed by atoms with Crippen molar-refractivity contribution in [2.45, 2.75) is 37.6 Å². The second kappa shape index (κ2) is 4.73. The van der Waals surface area contributed by atoms with Gasteiger partial charge in [-0.3, -0.25) is 0 Å². The Morgan fingerprint density at radius 1 is 1.05 bits per heavy atom. The Labute approximate surface area is 122 Å². The highest BCUT2D eigenvalue weighted by molar-refractivity contribution is 5.61. The Kier molecular flexibility index (Phi) is 2.85. The normalized spacial score (nSPS) is 19.7. The first-order chi connectivity index (χ1) is 10.2. The molecule has 2 aliphatic rings. The first-order valence-corrected chi connectivity index (χ1v) is 7.28. The van der Waals surface area contributed by atoms with E-state index in [1.807, 2.05) is 18.2 Å². The van der Waals surface area contributed by atoms with E-state index < -0.39 is 5.54 Å². The molecule has 0 spiro atoms. The molecule has 110 valence electrons. The minimum atomic E-state index is -0.472. The van der Waals surface area contributed by atoms with Crippen LogP contribution in [-0.4, -0.2) is 16.9 Å². The van der Waals surface area contributed by atoms with E-state index in [2.05, 4.69) is 10.1 Å². The number of fused-ring (bicyclic) bond motifs is 1. The van der Waals surface area contributed by atoms with Gasteiger partial charge in [-0.1, -0.05) is 24.4 Å². The summed E-state index contributed by atoms with van der Waals surface area (Å²) in [7, 11) is 0. The van der Waals surface area contributed by atoms with Crippen LogP contribution in [0.15, 0.2) is 22.7 Å². The van der Waals surface area contributed by atoms with Gasteiger partial charge in [0.2, 0.25) is 18.5 Å². The predicted molar refractivity (Wildman–Crippen MR) is 74.8 cm³/mol. The molecule has 1 aliphatic carbocycles. The van der Waals surface area contributed by atoms with Crippen LogP contribution < -0.4 is 15.2 Å². The minimum absolute atomic E-state index is 0.252. The molecule has 4 rings (SSSR count). The number of hydrogen-bond acceptors (Lipinski definition) is 6. The molecule has 0 unspecified atom stereocenters. The van der Waals surface area contributed by atoms with Crippen LogP contribution in [0.4, 0.5) is 0 Å². The number of benzene rings is 1. The summed E-state index contributed by atoms with van der Waals surface area (Å²) in [6.07, 6.45) is 5.24. The van der Waals surface area contributed by atoms with E-state index >= 15 is 0 Å². The lowest BCUT2D eigenvalue weighted by Gasteiger charge is -2.29. The van der Waals surface area contributed by atoms with Crippen molar-refractivity contribution in [2.75, 3.05) is 6.79 Å². The molecule has 6 nitrogen and oxygen atoms in total. The molecule has 0 bridgehead atoms. The van der Waals surface area contributed by atoms with Gasteiger partial charge in [0.15, 0.2) is 11.5 Å². The fourth-order valence-corrected chi connectivity index (χ4v) is 2.98. The molecule has 6 heteroatoms. The summed E-state index contributed by atoms with van der Waals surface area (Å²) in [5.74, 6) is 2.53. The fraction of sp³-hybridized carbons (Fsp3) is 0.467. The molecular weight excluding hydrogens is 270 g/mol. The minimum Gasteiger partial charge on any atom is -0.454 e. The molecule has 1 aliphatic heterocycles. The number of rotatable bonds is 2. The molecule has 21 heavy (non-hydrogen) atoms. The topological polar surface area (TPSA) is 83.4 Å². The van der Waals surface area contributed by atoms with Gasteiger partial charge in [0.05, 0.1) is 5.54 Å².